The Balaban J connectivity index is 4.15. The Labute approximate surface area is 477 Å². The zero-order chi connectivity index (χ0) is 55.7. The Kier molecular flexibility index (Phi) is 61.8. The van der Waals surface area contributed by atoms with Crippen LogP contribution in [-0.4, -0.2) is 37.2 Å². The molecule has 0 aromatic heterocycles. The zero-order valence-corrected chi connectivity index (χ0v) is 50.7. The minimum absolute atomic E-state index is 0.0755. The van der Waals surface area contributed by atoms with Crippen LogP contribution in [0, 0.1) is 0 Å². The van der Waals surface area contributed by atoms with Crippen LogP contribution in [0.1, 0.15) is 316 Å². The molecule has 1 atom stereocenters. The Morgan fingerprint density at radius 1 is 0.273 bits per heavy atom. The minimum Gasteiger partial charge on any atom is -0.462 e. The molecule has 0 N–H and O–H groups in total. The Hall–Kier alpha value is -3.67. The van der Waals surface area contributed by atoms with Crippen molar-refractivity contribution in [2.24, 2.45) is 0 Å². The van der Waals surface area contributed by atoms with Gasteiger partial charge in [0.25, 0.3) is 0 Å². The van der Waals surface area contributed by atoms with Crippen molar-refractivity contribution in [3.05, 3.63) is 97.2 Å². The molecule has 0 bridgehead atoms. The Morgan fingerprint density at radius 3 is 0.792 bits per heavy atom. The van der Waals surface area contributed by atoms with Gasteiger partial charge >= 0.3 is 17.9 Å². The van der Waals surface area contributed by atoms with Crippen molar-refractivity contribution in [1.82, 2.24) is 0 Å². The van der Waals surface area contributed by atoms with Crippen LogP contribution in [0.5, 0.6) is 0 Å². The van der Waals surface area contributed by atoms with Crippen molar-refractivity contribution >= 4 is 17.9 Å². The van der Waals surface area contributed by atoms with Crippen molar-refractivity contribution in [3.63, 3.8) is 0 Å². The summed E-state index contributed by atoms with van der Waals surface area (Å²) in [5, 5.41) is 0. The van der Waals surface area contributed by atoms with Crippen LogP contribution in [0.3, 0.4) is 0 Å². The molecule has 0 aromatic carbocycles. The predicted molar refractivity (Wildman–Crippen MR) is 334 cm³/mol. The lowest BCUT2D eigenvalue weighted by molar-refractivity contribution is -0.167. The first kappa shape index (κ1) is 73.3. The van der Waals surface area contributed by atoms with Gasteiger partial charge in [0.1, 0.15) is 13.2 Å². The van der Waals surface area contributed by atoms with Crippen LogP contribution in [0.15, 0.2) is 97.2 Å². The van der Waals surface area contributed by atoms with E-state index in [1.54, 1.807) is 0 Å². The average Bonchev–Trinajstić information content (AvgIpc) is 3.43. The number of esters is 3. The smallest absolute Gasteiger partial charge is 0.306 e. The van der Waals surface area contributed by atoms with E-state index in [0.717, 1.165) is 116 Å². The van der Waals surface area contributed by atoms with Crippen molar-refractivity contribution < 1.29 is 28.6 Å². The molecular weight excluding hydrogens is 949 g/mol. The molecule has 0 saturated carbocycles. The maximum atomic E-state index is 12.9. The van der Waals surface area contributed by atoms with E-state index < -0.39 is 6.10 Å². The molecule has 77 heavy (non-hydrogen) atoms. The van der Waals surface area contributed by atoms with Gasteiger partial charge in [0.15, 0.2) is 6.10 Å². The second-order valence-electron chi connectivity index (χ2n) is 21.7. The first-order valence-corrected chi connectivity index (χ1v) is 32.7. The van der Waals surface area contributed by atoms with Crippen LogP contribution in [0.2, 0.25) is 0 Å². The molecule has 0 amide bonds. The molecule has 0 fully saturated rings. The van der Waals surface area contributed by atoms with Crippen LogP contribution >= 0.6 is 0 Å². The SMILES string of the molecule is CC/C=C\C/C=C\C/C=C\C/C=C\C/C=C\C/C=C\C/C=C\C/C=C\CCCCCCCCCCC(=O)OCC(COC(=O)CCCCCCCCCC)OC(=O)CCCCCCCCCCCCCCCCCCCC. The standard InChI is InChI=1S/C71H122O6/c1-4-7-10-13-16-19-21-23-25-27-29-30-31-32-33-34-35-36-37-38-39-40-41-42-43-45-46-48-50-52-55-58-61-64-70(73)76-67-68(66-75-69(72)63-60-57-54-18-15-12-9-6-3)77-71(74)65-62-59-56-53-51-49-47-44-28-26-24-22-20-17-14-11-8-5-2/h7,10,16,19,23,25,29-30,32-33,35-36,38-39,41-42,68H,4-6,8-9,11-15,17-18,20-22,24,26-28,31,34,37,40,43-67H2,1-3H3/b10-7-,19-16-,25-23-,30-29-,33-32-,36-35-,39-38-,42-41-. The van der Waals surface area contributed by atoms with E-state index in [2.05, 4.69) is 118 Å². The number of rotatable bonds is 59. The fraction of sp³-hybridized carbons (Fsp3) is 0.732. The largest absolute Gasteiger partial charge is 0.462 e. The summed E-state index contributed by atoms with van der Waals surface area (Å²) in [6, 6.07) is 0. The van der Waals surface area contributed by atoms with Crippen molar-refractivity contribution in [1.29, 1.82) is 0 Å². The van der Waals surface area contributed by atoms with Crippen molar-refractivity contribution in [2.45, 2.75) is 322 Å². The van der Waals surface area contributed by atoms with Gasteiger partial charge in [0, 0.05) is 19.3 Å². The van der Waals surface area contributed by atoms with E-state index in [1.165, 1.54) is 161 Å². The number of unbranched alkanes of at least 4 members (excludes halogenated alkanes) is 32. The molecule has 6 nitrogen and oxygen atoms in total. The van der Waals surface area contributed by atoms with E-state index in [-0.39, 0.29) is 31.1 Å². The highest BCUT2D eigenvalue weighted by Gasteiger charge is 2.19. The van der Waals surface area contributed by atoms with Gasteiger partial charge in [0.05, 0.1) is 0 Å². The Morgan fingerprint density at radius 2 is 0.506 bits per heavy atom. The van der Waals surface area contributed by atoms with Crippen LogP contribution < -0.4 is 0 Å². The summed E-state index contributed by atoms with van der Waals surface area (Å²) in [6.07, 6.45) is 87.2. The normalized spacial score (nSPS) is 12.7. The fourth-order valence-electron chi connectivity index (χ4n) is 9.23. The first-order valence-electron chi connectivity index (χ1n) is 32.7. The third kappa shape index (κ3) is 63.0. The molecule has 0 aliphatic carbocycles. The third-order valence-electron chi connectivity index (χ3n) is 14.1. The van der Waals surface area contributed by atoms with E-state index >= 15 is 0 Å². The van der Waals surface area contributed by atoms with E-state index in [4.69, 9.17) is 14.2 Å². The lowest BCUT2D eigenvalue weighted by atomic mass is 10.0. The molecule has 6 heteroatoms. The first-order chi connectivity index (χ1) is 38.0. The molecule has 0 heterocycles. The van der Waals surface area contributed by atoms with E-state index in [0.29, 0.717) is 19.3 Å². The Bertz CT molecular complexity index is 1510. The summed E-state index contributed by atoms with van der Waals surface area (Å²) in [6.45, 7) is 6.52. The molecule has 442 valence electrons. The van der Waals surface area contributed by atoms with Gasteiger partial charge in [-0.3, -0.25) is 14.4 Å². The van der Waals surface area contributed by atoms with Gasteiger partial charge in [-0.1, -0.05) is 311 Å². The number of hydrogen-bond acceptors (Lipinski definition) is 6. The monoisotopic (exact) mass is 1070 g/mol. The topological polar surface area (TPSA) is 78.9 Å². The highest BCUT2D eigenvalue weighted by Crippen LogP contribution is 2.17. The highest BCUT2D eigenvalue weighted by atomic mass is 16.6. The predicted octanol–water partition coefficient (Wildman–Crippen LogP) is 22.4. The second-order valence-corrected chi connectivity index (χ2v) is 21.7. The van der Waals surface area contributed by atoms with Crippen LogP contribution in [0.4, 0.5) is 0 Å². The zero-order valence-electron chi connectivity index (χ0n) is 50.7. The average molecular weight is 1070 g/mol. The molecule has 0 aliphatic rings. The van der Waals surface area contributed by atoms with Gasteiger partial charge < -0.3 is 14.2 Å². The van der Waals surface area contributed by atoms with Crippen LogP contribution in [-0.2, 0) is 28.6 Å². The van der Waals surface area contributed by atoms with Gasteiger partial charge in [-0.15, -0.1) is 0 Å². The van der Waals surface area contributed by atoms with Gasteiger partial charge in [-0.05, 0) is 83.5 Å². The summed E-state index contributed by atoms with van der Waals surface area (Å²) < 4.78 is 16.9. The molecule has 0 rings (SSSR count). The number of carbonyl (C=O) groups is 3. The molecule has 0 aromatic rings. The van der Waals surface area contributed by atoms with Gasteiger partial charge in [0.2, 0.25) is 0 Å². The molecular formula is C71H122O6. The molecule has 0 saturated heterocycles. The van der Waals surface area contributed by atoms with E-state index in [1.807, 2.05) is 0 Å². The lowest BCUT2D eigenvalue weighted by Crippen LogP contribution is -2.30. The maximum Gasteiger partial charge on any atom is 0.306 e. The summed E-state index contributed by atoms with van der Waals surface area (Å²) in [5.41, 5.74) is 0. The van der Waals surface area contributed by atoms with Gasteiger partial charge in [-0.2, -0.15) is 0 Å². The van der Waals surface area contributed by atoms with E-state index in [9.17, 15) is 14.4 Å². The number of ether oxygens (including phenoxy) is 3. The summed E-state index contributed by atoms with van der Waals surface area (Å²) in [4.78, 5) is 38.1. The summed E-state index contributed by atoms with van der Waals surface area (Å²) in [7, 11) is 0. The number of allylic oxidation sites excluding steroid dienone is 16. The lowest BCUT2D eigenvalue weighted by Gasteiger charge is -2.18. The second kappa shape index (κ2) is 64.9. The quantitative estimate of drug-likeness (QED) is 0.0261. The van der Waals surface area contributed by atoms with Crippen molar-refractivity contribution in [3.8, 4) is 0 Å². The van der Waals surface area contributed by atoms with Crippen molar-refractivity contribution in [2.75, 3.05) is 13.2 Å². The minimum atomic E-state index is -0.776. The number of carbonyl (C=O) groups excluding carboxylic acids is 3. The van der Waals surface area contributed by atoms with Crippen LogP contribution in [0.25, 0.3) is 0 Å². The molecule has 0 spiro atoms. The maximum absolute atomic E-state index is 12.9. The highest BCUT2D eigenvalue weighted by molar-refractivity contribution is 5.71. The fourth-order valence-corrected chi connectivity index (χ4v) is 9.23. The molecule has 1 unspecified atom stereocenters. The number of hydrogen-bond donors (Lipinski definition) is 0. The molecule has 0 aliphatic heterocycles. The molecule has 0 radical (unpaired) electrons. The van der Waals surface area contributed by atoms with Gasteiger partial charge in [-0.25, -0.2) is 0 Å². The third-order valence-corrected chi connectivity index (χ3v) is 14.1. The summed E-state index contributed by atoms with van der Waals surface area (Å²) in [5.74, 6) is -0.876. The summed E-state index contributed by atoms with van der Waals surface area (Å²) >= 11 is 0.